The first-order valence-corrected chi connectivity index (χ1v) is 11.1. The number of carbonyl (C=O) groups is 1. The maximum absolute atomic E-state index is 13.0. The van der Waals surface area contributed by atoms with Crippen LogP contribution in [0.3, 0.4) is 0 Å². The SMILES string of the molecule is CCS(=O)(=O)Oc1ccc(CN(Cc2ccco2)C(=O)Nc2ccccc2C)cc1. The van der Waals surface area contributed by atoms with Crippen LogP contribution in [0.1, 0.15) is 23.8 Å². The third kappa shape index (κ3) is 5.87. The Morgan fingerprint density at radius 1 is 1.03 bits per heavy atom. The lowest BCUT2D eigenvalue weighted by Gasteiger charge is -2.23. The molecule has 1 N–H and O–H groups in total. The highest BCUT2D eigenvalue weighted by Gasteiger charge is 2.17. The fourth-order valence-electron chi connectivity index (χ4n) is 2.77. The molecule has 0 unspecified atom stereocenters. The van der Waals surface area contributed by atoms with Crippen LogP contribution in [0, 0.1) is 6.92 Å². The molecule has 0 spiro atoms. The van der Waals surface area contributed by atoms with E-state index in [0.29, 0.717) is 12.3 Å². The molecule has 0 fully saturated rings. The quantitative estimate of drug-likeness (QED) is 0.532. The summed E-state index contributed by atoms with van der Waals surface area (Å²) in [5, 5.41) is 2.93. The second-order valence-electron chi connectivity index (χ2n) is 6.75. The van der Waals surface area contributed by atoms with Gasteiger partial charge in [-0.2, -0.15) is 8.42 Å². The predicted octanol–water partition coefficient (Wildman–Crippen LogP) is 4.55. The highest BCUT2D eigenvalue weighted by molar-refractivity contribution is 7.87. The second-order valence-corrected chi connectivity index (χ2v) is 8.61. The number of hydrogen-bond donors (Lipinski definition) is 1. The largest absolute Gasteiger partial charge is 0.467 e. The Balaban J connectivity index is 1.75. The Morgan fingerprint density at radius 2 is 1.77 bits per heavy atom. The van der Waals surface area contributed by atoms with Crippen LogP contribution in [0.4, 0.5) is 10.5 Å². The minimum atomic E-state index is -3.58. The molecule has 8 heteroatoms. The Labute approximate surface area is 176 Å². The number of benzene rings is 2. The Kier molecular flexibility index (Phi) is 6.79. The van der Waals surface area contributed by atoms with Gasteiger partial charge in [0.2, 0.25) is 0 Å². The maximum atomic E-state index is 13.0. The lowest BCUT2D eigenvalue weighted by Crippen LogP contribution is -2.34. The first-order valence-electron chi connectivity index (χ1n) is 9.51. The molecule has 3 rings (SSSR count). The summed E-state index contributed by atoms with van der Waals surface area (Å²) in [5.74, 6) is 0.788. The molecular weight excluding hydrogens is 404 g/mol. The molecule has 0 atom stereocenters. The van der Waals surface area contributed by atoms with Crippen molar-refractivity contribution in [1.29, 1.82) is 0 Å². The summed E-state index contributed by atoms with van der Waals surface area (Å²) in [4.78, 5) is 14.6. The van der Waals surface area contributed by atoms with Crippen LogP contribution >= 0.6 is 0 Å². The zero-order valence-electron chi connectivity index (χ0n) is 16.9. The van der Waals surface area contributed by atoms with Gasteiger partial charge in [0, 0.05) is 12.2 Å². The van der Waals surface area contributed by atoms with Gasteiger partial charge < -0.3 is 18.8 Å². The van der Waals surface area contributed by atoms with E-state index in [2.05, 4.69) is 5.32 Å². The van der Waals surface area contributed by atoms with E-state index < -0.39 is 10.1 Å². The van der Waals surface area contributed by atoms with Crippen LogP contribution in [0.5, 0.6) is 5.75 Å². The predicted molar refractivity (Wildman–Crippen MR) is 115 cm³/mol. The van der Waals surface area contributed by atoms with Gasteiger partial charge in [0.1, 0.15) is 11.5 Å². The molecule has 158 valence electrons. The summed E-state index contributed by atoms with van der Waals surface area (Å²) in [6.45, 7) is 4.03. The average Bonchev–Trinajstić information content (AvgIpc) is 3.23. The maximum Gasteiger partial charge on any atom is 0.322 e. The van der Waals surface area contributed by atoms with Crippen molar-refractivity contribution in [1.82, 2.24) is 4.90 Å². The molecule has 0 saturated carbocycles. The lowest BCUT2D eigenvalue weighted by molar-refractivity contribution is 0.201. The van der Waals surface area contributed by atoms with E-state index >= 15 is 0 Å². The number of rotatable bonds is 8. The fraction of sp³-hybridized carbons (Fsp3) is 0.227. The van der Waals surface area contributed by atoms with Crippen LogP contribution < -0.4 is 9.50 Å². The number of anilines is 1. The molecule has 0 saturated heterocycles. The molecule has 0 radical (unpaired) electrons. The zero-order chi connectivity index (χ0) is 21.6. The van der Waals surface area contributed by atoms with E-state index in [4.69, 9.17) is 8.60 Å². The second kappa shape index (κ2) is 9.49. The van der Waals surface area contributed by atoms with Crippen LogP contribution in [0.25, 0.3) is 0 Å². The van der Waals surface area contributed by atoms with Crippen molar-refractivity contribution in [2.24, 2.45) is 0 Å². The number of furan rings is 1. The molecule has 1 heterocycles. The summed E-state index contributed by atoms with van der Waals surface area (Å²) in [6, 6.07) is 17.5. The van der Waals surface area contributed by atoms with Crippen molar-refractivity contribution < 1.29 is 21.8 Å². The summed E-state index contributed by atoms with van der Waals surface area (Å²) in [6.07, 6.45) is 1.56. The van der Waals surface area contributed by atoms with Gasteiger partial charge in [0.05, 0.1) is 18.6 Å². The van der Waals surface area contributed by atoms with E-state index in [9.17, 15) is 13.2 Å². The van der Waals surface area contributed by atoms with Gasteiger partial charge in [-0.15, -0.1) is 0 Å². The van der Waals surface area contributed by atoms with E-state index in [1.807, 2.05) is 31.2 Å². The third-order valence-corrected chi connectivity index (χ3v) is 5.63. The first kappa shape index (κ1) is 21.4. The number of para-hydroxylation sites is 1. The Morgan fingerprint density at radius 3 is 2.40 bits per heavy atom. The topological polar surface area (TPSA) is 88.9 Å². The molecule has 30 heavy (non-hydrogen) atoms. The normalized spacial score (nSPS) is 11.1. The molecule has 2 aromatic carbocycles. The number of urea groups is 1. The first-order chi connectivity index (χ1) is 14.4. The molecule has 3 aromatic rings. The number of carbonyl (C=O) groups excluding carboxylic acids is 1. The summed E-state index contributed by atoms with van der Waals surface area (Å²) >= 11 is 0. The smallest absolute Gasteiger partial charge is 0.322 e. The molecule has 0 aliphatic rings. The van der Waals surface area contributed by atoms with Crippen molar-refractivity contribution in [3.05, 3.63) is 83.8 Å². The monoisotopic (exact) mass is 428 g/mol. The fourth-order valence-corrected chi connectivity index (χ4v) is 3.30. The van der Waals surface area contributed by atoms with E-state index in [-0.39, 0.29) is 24.1 Å². The molecule has 0 aliphatic heterocycles. The standard InChI is InChI=1S/C22H24N2O5S/c1-3-30(26,27)29-19-12-10-18(11-13-19)15-24(16-20-8-6-14-28-20)22(25)23-21-9-5-4-7-17(21)2/h4-14H,3,15-16H2,1-2H3,(H,23,25). The number of nitrogens with zero attached hydrogens (tertiary/aromatic N) is 1. The van der Waals surface area contributed by atoms with Gasteiger partial charge in [0.15, 0.2) is 0 Å². The van der Waals surface area contributed by atoms with Gasteiger partial charge in [0.25, 0.3) is 0 Å². The number of amides is 2. The molecule has 0 bridgehead atoms. The van der Waals surface area contributed by atoms with Gasteiger partial charge in [-0.3, -0.25) is 0 Å². The Hall–Kier alpha value is -3.26. The van der Waals surface area contributed by atoms with Crippen molar-refractivity contribution in [2.45, 2.75) is 26.9 Å². The van der Waals surface area contributed by atoms with Gasteiger partial charge in [-0.1, -0.05) is 30.3 Å². The van der Waals surface area contributed by atoms with Gasteiger partial charge >= 0.3 is 16.1 Å². The Bertz CT molecular complexity index is 1080. The molecule has 7 nitrogen and oxygen atoms in total. The highest BCUT2D eigenvalue weighted by atomic mass is 32.2. The van der Waals surface area contributed by atoms with E-state index in [0.717, 1.165) is 16.8 Å². The van der Waals surface area contributed by atoms with Crippen LogP contribution in [-0.2, 0) is 23.2 Å². The van der Waals surface area contributed by atoms with E-state index in [1.165, 1.54) is 6.92 Å². The van der Waals surface area contributed by atoms with Crippen molar-refractivity contribution in [3.8, 4) is 5.75 Å². The average molecular weight is 429 g/mol. The minimum absolute atomic E-state index is 0.106. The number of aryl methyl sites for hydroxylation is 1. The van der Waals surface area contributed by atoms with Crippen LogP contribution in [0.15, 0.2) is 71.3 Å². The molecule has 1 aromatic heterocycles. The third-order valence-electron chi connectivity index (χ3n) is 4.47. The summed E-state index contributed by atoms with van der Waals surface area (Å²) in [5.41, 5.74) is 2.52. The summed E-state index contributed by atoms with van der Waals surface area (Å²) in [7, 11) is -3.58. The van der Waals surface area contributed by atoms with Crippen LogP contribution in [-0.4, -0.2) is 25.1 Å². The van der Waals surface area contributed by atoms with Gasteiger partial charge in [-0.25, -0.2) is 4.79 Å². The number of nitrogens with one attached hydrogen (secondary N) is 1. The van der Waals surface area contributed by atoms with Crippen molar-refractivity contribution in [3.63, 3.8) is 0 Å². The lowest BCUT2D eigenvalue weighted by atomic mass is 10.2. The van der Waals surface area contributed by atoms with Crippen molar-refractivity contribution >= 4 is 21.8 Å². The molecular formula is C22H24N2O5S. The number of hydrogen-bond acceptors (Lipinski definition) is 5. The summed E-state index contributed by atoms with van der Waals surface area (Å²) < 4.78 is 33.6. The minimum Gasteiger partial charge on any atom is -0.467 e. The zero-order valence-corrected chi connectivity index (χ0v) is 17.7. The molecule has 2 amide bonds. The van der Waals surface area contributed by atoms with Gasteiger partial charge in [-0.05, 0) is 55.3 Å². The van der Waals surface area contributed by atoms with Crippen LogP contribution in [0.2, 0.25) is 0 Å². The van der Waals surface area contributed by atoms with Crippen molar-refractivity contribution in [2.75, 3.05) is 11.1 Å². The molecule has 0 aliphatic carbocycles. The highest BCUT2D eigenvalue weighted by Crippen LogP contribution is 2.19. The van der Waals surface area contributed by atoms with E-state index in [1.54, 1.807) is 47.6 Å².